The Bertz CT molecular complexity index is 739. The first-order chi connectivity index (χ1) is 12.1. The Labute approximate surface area is 156 Å². The molecule has 2 unspecified atom stereocenters. The zero-order chi connectivity index (χ0) is 18.7. The van der Waals surface area contributed by atoms with Crippen molar-refractivity contribution < 1.29 is 14.3 Å². The predicted octanol–water partition coefficient (Wildman–Crippen LogP) is 4.21. The Morgan fingerprint density at radius 1 is 1.23 bits per heavy atom. The van der Waals surface area contributed by atoms with Crippen molar-refractivity contribution in [3.05, 3.63) is 23.8 Å². The fourth-order valence-electron chi connectivity index (χ4n) is 5.67. The van der Waals surface area contributed by atoms with Crippen LogP contribution in [0.4, 0.5) is 0 Å². The topological polar surface area (TPSA) is 38.8 Å². The molecule has 1 saturated heterocycles. The van der Waals surface area contributed by atoms with Gasteiger partial charge >= 0.3 is 0 Å². The molecular weight excluding hydrogens is 326 g/mol. The Balaban J connectivity index is 1.44. The van der Waals surface area contributed by atoms with Crippen LogP contribution < -0.4 is 9.47 Å². The summed E-state index contributed by atoms with van der Waals surface area (Å²) in [5.74, 6) is 1.60. The van der Waals surface area contributed by atoms with Crippen molar-refractivity contribution in [1.29, 1.82) is 0 Å². The first-order valence-corrected chi connectivity index (χ1v) is 9.79. The zero-order valence-electron chi connectivity index (χ0n) is 16.7. The van der Waals surface area contributed by atoms with Gasteiger partial charge < -0.3 is 14.4 Å². The minimum atomic E-state index is -0.210. The highest BCUT2D eigenvalue weighted by atomic mass is 16.5. The number of carbonyl (C=O) groups excluding carboxylic acids is 1. The number of para-hydroxylation sites is 1. The van der Waals surface area contributed by atoms with E-state index in [0.29, 0.717) is 17.2 Å². The first kappa shape index (κ1) is 17.7. The molecule has 4 heteroatoms. The molecule has 2 heterocycles. The molecule has 1 aliphatic carbocycles. The van der Waals surface area contributed by atoms with Gasteiger partial charge in [-0.3, -0.25) is 4.79 Å². The summed E-state index contributed by atoms with van der Waals surface area (Å²) in [6.45, 7) is 12.1. The maximum Gasteiger partial charge on any atom is 0.260 e. The summed E-state index contributed by atoms with van der Waals surface area (Å²) in [7, 11) is 0. The summed E-state index contributed by atoms with van der Waals surface area (Å²) >= 11 is 0. The van der Waals surface area contributed by atoms with E-state index in [4.69, 9.17) is 9.47 Å². The van der Waals surface area contributed by atoms with Crippen molar-refractivity contribution >= 4 is 5.91 Å². The molecule has 0 radical (unpaired) electrons. The maximum absolute atomic E-state index is 12.9. The molecule has 0 spiro atoms. The molecule has 142 valence electrons. The second kappa shape index (κ2) is 5.64. The van der Waals surface area contributed by atoms with Crippen molar-refractivity contribution in [3.8, 4) is 11.5 Å². The second-order valence-corrected chi connectivity index (χ2v) is 10.3. The Morgan fingerprint density at radius 3 is 2.77 bits per heavy atom. The highest BCUT2D eigenvalue weighted by Gasteiger charge is 2.50. The molecule has 4 nitrogen and oxygen atoms in total. The number of nitrogens with zero attached hydrogens (tertiary/aromatic N) is 1. The molecule has 4 rings (SSSR count). The van der Waals surface area contributed by atoms with Crippen LogP contribution in [-0.4, -0.2) is 35.6 Å². The van der Waals surface area contributed by atoms with Gasteiger partial charge in [0.05, 0.1) is 0 Å². The van der Waals surface area contributed by atoms with Crippen molar-refractivity contribution in [2.24, 2.45) is 10.8 Å². The van der Waals surface area contributed by atoms with Crippen molar-refractivity contribution in [2.75, 3.05) is 13.2 Å². The molecule has 1 aromatic carbocycles. The molecule has 0 N–H and O–H groups in total. The second-order valence-electron chi connectivity index (χ2n) is 10.3. The number of hydrogen-bond donors (Lipinski definition) is 0. The Kier molecular flexibility index (Phi) is 3.84. The van der Waals surface area contributed by atoms with E-state index >= 15 is 0 Å². The molecule has 2 bridgehead atoms. The van der Waals surface area contributed by atoms with Crippen LogP contribution in [-0.2, 0) is 11.2 Å². The summed E-state index contributed by atoms with van der Waals surface area (Å²) < 4.78 is 12.0. The van der Waals surface area contributed by atoms with Crippen LogP contribution in [0.2, 0.25) is 0 Å². The van der Waals surface area contributed by atoms with E-state index in [-0.39, 0.29) is 23.5 Å². The normalized spacial score (nSPS) is 30.7. The third-order valence-corrected chi connectivity index (χ3v) is 6.14. The fourth-order valence-corrected chi connectivity index (χ4v) is 5.67. The van der Waals surface area contributed by atoms with Gasteiger partial charge in [0, 0.05) is 24.6 Å². The summed E-state index contributed by atoms with van der Waals surface area (Å²) in [5, 5.41) is 0. The van der Waals surface area contributed by atoms with Crippen LogP contribution in [0.25, 0.3) is 0 Å². The quantitative estimate of drug-likeness (QED) is 0.813. The summed E-state index contributed by atoms with van der Waals surface area (Å²) in [4.78, 5) is 15.0. The first-order valence-electron chi connectivity index (χ1n) is 9.79. The van der Waals surface area contributed by atoms with Crippen LogP contribution in [0, 0.1) is 10.8 Å². The van der Waals surface area contributed by atoms with Crippen LogP contribution in [0.1, 0.15) is 59.4 Å². The number of likely N-dealkylation sites (tertiary alicyclic amines) is 1. The van der Waals surface area contributed by atoms with E-state index in [1.165, 1.54) is 6.42 Å². The highest BCUT2D eigenvalue weighted by Crippen LogP contribution is 2.52. The zero-order valence-corrected chi connectivity index (χ0v) is 16.7. The van der Waals surface area contributed by atoms with Gasteiger partial charge in [0.1, 0.15) is 5.60 Å². The van der Waals surface area contributed by atoms with Crippen molar-refractivity contribution in [2.45, 2.75) is 71.9 Å². The number of rotatable bonds is 3. The number of benzene rings is 1. The minimum absolute atomic E-state index is 0.0905. The lowest BCUT2D eigenvalue weighted by Crippen LogP contribution is -2.40. The average Bonchev–Trinajstić information content (AvgIpc) is 2.95. The van der Waals surface area contributed by atoms with E-state index in [9.17, 15) is 4.79 Å². The van der Waals surface area contributed by atoms with Gasteiger partial charge in [-0.25, -0.2) is 0 Å². The lowest BCUT2D eigenvalue weighted by molar-refractivity contribution is -0.134. The molecular formula is C22H31NO3. The van der Waals surface area contributed by atoms with Gasteiger partial charge in [0.15, 0.2) is 18.1 Å². The number of ether oxygens (including phenoxy) is 2. The number of amides is 1. The molecule has 0 aromatic heterocycles. The van der Waals surface area contributed by atoms with E-state index in [1.54, 1.807) is 0 Å². The summed E-state index contributed by atoms with van der Waals surface area (Å²) in [5.41, 5.74) is 1.51. The smallest absolute Gasteiger partial charge is 0.260 e. The van der Waals surface area contributed by atoms with Gasteiger partial charge in [0.25, 0.3) is 5.91 Å². The van der Waals surface area contributed by atoms with Gasteiger partial charge in [-0.15, -0.1) is 0 Å². The molecule has 2 atom stereocenters. The van der Waals surface area contributed by atoms with E-state index in [0.717, 1.165) is 37.1 Å². The van der Waals surface area contributed by atoms with Crippen molar-refractivity contribution in [1.82, 2.24) is 4.90 Å². The molecule has 1 amide bonds. The monoisotopic (exact) mass is 357 g/mol. The van der Waals surface area contributed by atoms with Gasteiger partial charge in [-0.1, -0.05) is 32.9 Å². The van der Waals surface area contributed by atoms with E-state index < -0.39 is 0 Å². The van der Waals surface area contributed by atoms with Crippen LogP contribution in [0.3, 0.4) is 0 Å². The number of hydrogen-bond acceptors (Lipinski definition) is 3. The lowest BCUT2D eigenvalue weighted by atomic mass is 9.65. The number of fused-ring (bicyclic) bond motifs is 3. The molecule has 2 aliphatic heterocycles. The van der Waals surface area contributed by atoms with Gasteiger partial charge in [-0.2, -0.15) is 0 Å². The summed E-state index contributed by atoms with van der Waals surface area (Å²) in [6, 6.07) is 6.32. The molecule has 26 heavy (non-hydrogen) atoms. The van der Waals surface area contributed by atoms with Crippen LogP contribution in [0.15, 0.2) is 18.2 Å². The van der Waals surface area contributed by atoms with E-state index in [2.05, 4.69) is 45.6 Å². The predicted molar refractivity (Wildman–Crippen MR) is 102 cm³/mol. The SMILES string of the molecule is CC1(C)CC2CC(C)(CN2C(=O)COc2cccc3c2OC(C)(C)C3)C1. The highest BCUT2D eigenvalue weighted by molar-refractivity contribution is 5.78. The minimum Gasteiger partial charge on any atom is -0.483 e. The third-order valence-electron chi connectivity index (χ3n) is 6.14. The van der Waals surface area contributed by atoms with Crippen LogP contribution >= 0.6 is 0 Å². The van der Waals surface area contributed by atoms with Crippen molar-refractivity contribution in [3.63, 3.8) is 0 Å². The molecule has 2 fully saturated rings. The number of carbonyl (C=O) groups is 1. The average molecular weight is 357 g/mol. The molecule has 1 aromatic rings. The standard InChI is InChI=1S/C22H31NO3/c1-20(2)10-16-11-22(5,13-20)14-23(16)18(24)12-25-17-8-6-7-15-9-21(3,4)26-19(15)17/h6-8,16H,9-14H2,1-5H3. The Hall–Kier alpha value is -1.71. The van der Waals surface area contributed by atoms with E-state index in [1.807, 2.05) is 12.1 Å². The van der Waals surface area contributed by atoms with Crippen LogP contribution in [0.5, 0.6) is 11.5 Å². The lowest BCUT2D eigenvalue weighted by Gasteiger charge is -2.39. The molecule has 3 aliphatic rings. The molecule has 1 saturated carbocycles. The largest absolute Gasteiger partial charge is 0.483 e. The Morgan fingerprint density at radius 2 is 2.00 bits per heavy atom. The van der Waals surface area contributed by atoms with Gasteiger partial charge in [-0.05, 0) is 50.0 Å². The van der Waals surface area contributed by atoms with Gasteiger partial charge in [0.2, 0.25) is 0 Å². The third kappa shape index (κ3) is 3.19. The fraction of sp³-hybridized carbons (Fsp3) is 0.682. The summed E-state index contributed by atoms with van der Waals surface area (Å²) in [6.07, 6.45) is 4.28. The maximum atomic E-state index is 12.9.